The summed E-state index contributed by atoms with van der Waals surface area (Å²) in [6.07, 6.45) is 0.823. The molecule has 2 N–H and O–H groups in total. The maximum Gasteiger partial charge on any atom is 0.0596 e. The third-order valence-corrected chi connectivity index (χ3v) is 3.92. The van der Waals surface area contributed by atoms with Gasteiger partial charge in [0, 0.05) is 24.7 Å². The van der Waals surface area contributed by atoms with Crippen LogP contribution in [0.5, 0.6) is 0 Å². The minimum atomic E-state index is 0.0143. The van der Waals surface area contributed by atoms with Crippen LogP contribution in [-0.2, 0) is 18.4 Å². The fourth-order valence-electron chi connectivity index (χ4n) is 2.61. The average molecular weight is 285 g/mol. The molecule has 1 unspecified atom stereocenters. The molecule has 1 atom stereocenters. The van der Waals surface area contributed by atoms with Crippen LogP contribution in [0.1, 0.15) is 56.3 Å². The van der Waals surface area contributed by atoms with Crippen molar-refractivity contribution in [1.82, 2.24) is 9.78 Å². The normalized spacial score (nSPS) is 13.4. The summed E-state index contributed by atoms with van der Waals surface area (Å²) in [5.41, 5.74) is 11.4. The van der Waals surface area contributed by atoms with E-state index in [4.69, 9.17) is 5.73 Å². The van der Waals surface area contributed by atoms with Gasteiger partial charge in [-0.25, -0.2) is 0 Å². The molecule has 3 heteroatoms. The number of aryl methyl sites for hydroxylation is 2. The van der Waals surface area contributed by atoms with Crippen molar-refractivity contribution in [2.75, 3.05) is 0 Å². The number of nitrogens with zero attached hydrogens (tertiary/aromatic N) is 2. The van der Waals surface area contributed by atoms with Gasteiger partial charge in [-0.2, -0.15) is 5.10 Å². The molecular formula is C18H27N3. The largest absolute Gasteiger partial charge is 0.324 e. The zero-order valence-electron chi connectivity index (χ0n) is 13.9. The first-order valence-corrected chi connectivity index (χ1v) is 7.70. The van der Waals surface area contributed by atoms with E-state index in [0.29, 0.717) is 0 Å². The summed E-state index contributed by atoms with van der Waals surface area (Å²) >= 11 is 0. The summed E-state index contributed by atoms with van der Waals surface area (Å²) in [6.45, 7) is 11.7. The molecule has 0 aliphatic heterocycles. The molecule has 2 rings (SSSR count). The summed E-state index contributed by atoms with van der Waals surface area (Å²) in [7, 11) is 0. The molecule has 1 aromatic heterocycles. The fraction of sp³-hybridized carbons (Fsp3) is 0.500. The molecule has 1 aromatic carbocycles. The molecule has 0 aliphatic rings. The molecule has 1 heterocycles. The summed E-state index contributed by atoms with van der Waals surface area (Å²) in [4.78, 5) is 0. The lowest BCUT2D eigenvalue weighted by atomic mass is 9.86. The Balaban J connectivity index is 2.15. The van der Waals surface area contributed by atoms with Gasteiger partial charge in [0.05, 0.1) is 5.69 Å². The van der Waals surface area contributed by atoms with Crippen molar-refractivity contribution in [3.8, 4) is 0 Å². The second-order valence-corrected chi connectivity index (χ2v) is 6.78. The molecule has 3 nitrogen and oxygen atoms in total. The van der Waals surface area contributed by atoms with Crippen molar-refractivity contribution in [3.63, 3.8) is 0 Å². The van der Waals surface area contributed by atoms with E-state index in [2.05, 4.69) is 63.1 Å². The molecule has 0 bridgehead atoms. The summed E-state index contributed by atoms with van der Waals surface area (Å²) in [6, 6.07) is 10.8. The Bertz CT molecular complexity index is 588. The van der Waals surface area contributed by atoms with E-state index in [1.165, 1.54) is 16.8 Å². The van der Waals surface area contributed by atoms with Gasteiger partial charge in [0.25, 0.3) is 0 Å². The lowest BCUT2D eigenvalue weighted by Gasteiger charge is -2.20. The van der Waals surface area contributed by atoms with E-state index in [1.54, 1.807) is 0 Å². The van der Waals surface area contributed by atoms with Crippen molar-refractivity contribution >= 4 is 0 Å². The van der Waals surface area contributed by atoms with Crippen molar-refractivity contribution < 1.29 is 0 Å². The van der Waals surface area contributed by atoms with Gasteiger partial charge in [0.2, 0.25) is 0 Å². The van der Waals surface area contributed by atoms with Crippen molar-refractivity contribution in [3.05, 3.63) is 52.8 Å². The molecule has 0 fully saturated rings. The third kappa shape index (κ3) is 3.73. The van der Waals surface area contributed by atoms with Crippen LogP contribution in [0.25, 0.3) is 0 Å². The summed E-state index contributed by atoms with van der Waals surface area (Å²) in [5.74, 6) is 0. The second kappa shape index (κ2) is 6.02. The molecule has 21 heavy (non-hydrogen) atoms. The van der Waals surface area contributed by atoms with Crippen LogP contribution in [0.15, 0.2) is 30.3 Å². The van der Waals surface area contributed by atoms with Gasteiger partial charge in [0.15, 0.2) is 0 Å². The first-order chi connectivity index (χ1) is 9.81. The van der Waals surface area contributed by atoms with Gasteiger partial charge >= 0.3 is 0 Å². The topological polar surface area (TPSA) is 43.8 Å². The van der Waals surface area contributed by atoms with E-state index < -0.39 is 0 Å². The lowest BCUT2D eigenvalue weighted by molar-refractivity contribution is 0.582. The minimum absolute atomic E-state index is 0.0143. The first-order valence-electron chi connectivity index (χ1n) is 7.70. The standard InChI is InChI=1S/C18H27N3/c1-6-21-16(11-13(2)20-21)12-17(19)14-7-9-15(10-8-14)18(3,4)5/h7-11,17H,6,12,19H2,1-5H3. The summed E-state index contributed by atoms with van der Waals surface area (Å²) in [5, 5.41) is 4.48. The summed E-state index contributed by atoms with van der Waals surface area (Å²) < 4.78 is 2.04. The van der Waals surface area contributed by atoms with Crippen LogP contribution in [0.4, 0.5) is 0 Å². The highest BCUT2D eigenvalue weighted by atomic mass is 15.3. The maximum atomic E-state index is 6.38. The van der Waals surface area contributed by atoms with E-state index in [0.717, 1.165) is 18.7 Å². The van der Waals surface area contributed by atoms with Crippen LogP contribution in [-0.4, -0.2) is 9.78 Å². The Morgan fingerprint density at radius 1 is 1.19 bits per heavy atom. The highest BCUT2D eigenvalue weighted by molar-refractivity contribution is 5.30. The van der Waals surface area contributed by atoms with Gasteiger partial charge in [0.1, 0.15) is 0 Å². The zero-order chi connectivity index (χ0) is 15.6. The van der Waals surface area contributed by atoms with Crippen LogP contribution < -0.4 is 5.73 Å². The second-order valence-electron chi connectivity index (χ2n) is 6.78. The Morgan fingerprint density at radius 2 is 1.81 bits per heavy atom. The SMILES string of the molecule is CCn1nc(C)cc1CC(N)c1ccc(C(C)(C)C)cc1. The fourth-order valence-corrected chi connectivity index (χ4v) is 2.61. The molecular weight excluding hydrogens is 258 g/mol. The van der Waals surface area contributed by atoms with E-state index >= 15 is 0 Å². The Labute approximate surface area is 128 Å². The van der Waals surface area contributed by atoms with Crippen molar-refractivity contribution in [2.24, 2.45) is 5.73 Å². The van der Waals surface area contributed by atoms with Crippen LogP contribution in [0.2, 0.25) is 0 Å². The Kier molecular flexibility index (Phi) is 4.52. The minimum Gasteiger partial charge on any atom is -0.324 e. The number of nitrogens with two attached hydrogens (primary N) is 1. The molecule has 2 aromatic rings. The molecule has 0 saturated heterocycles. The zero-order valence-corrected chi connectivity index (χ0v) is 13.9. The van der Waals surface area contributed by atoms with Crippen LogP contribution in [0.3, 0.4) is 0 Å². The van der Waals surface area contributed by atoms with Gasteiger partial charge < -0.3 is 5.73 Å². The number of benzene rings is 1. The number of aromatic nitrogens is 2. The smallest absolute Gasteiger partial charge is 0.0596 e. The van der Waals surface area contributed by atoms with E-state index in [1.807, 2.05) is 11.6 Å². The van der Waals surface area contributed by atoms with Gasteiger partial charge in [-0.05, 0) is 36.5 Å². The molecule has 0 saturated carbocycles. The molecule has 0 spiro atoms. The van der Waals surface area contributed by atoms with E-state index in [9.17, 15) is 0 Å². The highest BCUT2D eigenvalue weighted by Crippen LogP contribution is 2.24. The quantitative estimate of drug-likeness (QED) is 0.929. The number of hydrogen-bond acceptors (Lipinski definition) is 2. The Morgan fingerprint density at radius 3 is 2.33 bits per heavy atom. The lowest BCUT2D eigenvalue weighted by Crippen LogP contribution is -2.17. The number of rotatable bonds is 4. The predicted molar refractivity (Wildman–Crippen MR) is 88.4 cm³/mol. The van der Waals surface area contributed by atoms with Gasteiger partial charge in [-0.15, -0.1) is 0 Å². The molecule has 0 aliphatic carbocycles. The molecule has 0 radical (unpaired) electrons. The van der Waals surface area contributed by atoms with Gasteiger partial charge in [-0.1, -0.05) is 45.0 Å². The highest BCUT2D eigenvalue weighted by Gasteiger charge is 2.15. The maximum absolute atomic E-state index is 6.38. The predicted octanol–water partition coefficient (Wildman–Crippen LogP) is 3.75. The molecule has 114 valence electrons. The number of hydrogen-bond donors (Lipinski definition) is 1. The molecule has 0 amide bonds. The van der Waals surface area contributed by atoms with Crippen molar-refractivity contribution in [2.45, 2.75) is 59.0 Å². The third-order valence-electron chi connectivity index (χ3n) is 3.92. The van der Waals surface area contributed by atoms with E-state index in [-0.39, 0.29) is 11.5 Å². The first kappa shape index (κ1) is 15.8. The average Bonchev–Trinajstić information content (AvgIpc) is 2.78. The van der Waals surface area contributed by atoms with Crippen LogP contribution in [0, 0.1) is 6.92 Å². The Hall–Kier alpha value is -1.61. The van der Waals surface area contributed by atoms with Gasteiger partial charge in [-0.3, -0.25) is 4.68 Å². The van der Waals surface area contributed by atoms with Crippen molar-refractivity contribution in [1.29, 1.82) is 0 Å². The monoisotopic (exact) mass is 285 g/mol. The van der Waals surface area contributed by atoms with Crippen LogP contribution >= 0.6 is 0 Å².